The second kappa shape index (κ2) is 5.90. The lowest BCUT2D eigenvalue weighted by molar-refractivity contribution is 0.0934. The number of fused-ring (bicyclic) bond motifs is 1. The first kappa shape index (κ1) is 14.3. The van der Waals surface area contributed by atoms with Gasteiger partial charge in [-0.05, 0) is 17.2 Å². The molecule has 4 heteroatoms. The Morgan fingerprint density at radius 3 is 2.95 bits per heavy atom. The minimum Gasteiger partial charge on any atom is -0.493 e. The fraction of sp³-hybridized carbons (Fsp3) is 0.600. The highest BCUT2D eigenvalue weighted by Gasteiger charge is 2.23. The third-order valence-corrected chi connectivity index (χ3v) is 3.63. The SMILES string of the molecule is CC(C)(CNCC(O)CO)c1ccc2c(c1)CCO2. The summed E-state index contributed by atoms with van der Waals surface area (Å²) in [4.78, 5) is 0. The fourth-order valence-electron chi connectivity index (χ4n) is 2.33. The van der Waals surface area contributed by atoms with Gasteiger partial charge >= 0.3 is 0 Å². The van der Waals surface area contributed by atoms with Crippen molar-refractivity contribution >= 4 is 0 Å². The molecule has 1 aliphatic heterocycles. The van der Waals surface area contributed by atoms with Crippen LogP contribution in [-0.2, 0) is 11.8 Å². The number of hydrogen-bond acceptors (Lipinski definition) is 4. The maximum absolute atomic E-state index is 9.32. The highest BCUT2D eigenvalue weighted by Crippen LogP contribution is 2.31. The van der Waals surface area contributed by atoms with Crippen LogP contribution in [0.2, 0.25) is 0 Å². The molecule has 1 aromatic carbocycles. The van der Waals surface area contributed by atoms with Gasteiger partial charge in [-0.2, -0.15) is 0 Å². The molecule has 106 valence electrons. The van der Waals surface area contributed by atoms with E-state index >= 15 is 0 Å². The van der Waals surface area contributed by atoms with Gasteiger partial charge < -0.3 is 20.3 Å². The van der Waals surface area contributed by atoms with Crippen LogP contribution in [0.3, 0.4) is 0 Å². The summed E-state index contributed by atoms with van der Waals surface area (Å²) in [6, 6.07) is 6.36. The van der Waals surface area contributed by atoms with Gasteiger partial charge in [-0.3, -0.25) is 0 Å². The first-order valence-corrected chi connectivity index (χ1v) is 6.79. The van der Waals surface area contributed by atoms with E-state index in [1.807, 2.05) is 6.07 Å². The molecule has 0 saturated carbocycles. The van der Waals surface area contributed by atoms with Crippen LogP contribution in [0, 0.1) is 0 Å². The molecule has 4 nitrogen and oxygen atoms in total. The quantitative estimate of drug-likeness (QED) is 0.713. The molecule has 19 heavy (non-hydrogen) atoms. The Bertz CT molecular complexity index is 431. The predicted octanol–water partition coefficient (Wildman–Crippen LogP) is 0.842. The van der Waals surface area contributed by atoms with Crippen molar-refractivity contribution in [2.75, 3.05) is 26.3 Å². The number of ether oxygens (including phenoxy) is 1. The summed E-state index contributed by atoms with van der Waals surface area (Å²) in [6.45, 7) is 6.08. The lowest BCUT2D eigenvalue weighted by Gasteiger charge is -2.27. The van der Waals surface area contributed by atoms with E-state index in [4.69, 9.17) is 9.84 Å². The van der Waals surface area contributed by atoms with Crippen LogP contribution < -0.4 is 10.1 Å². The molecule has 0 amide bonds. The van der Waals surface area contributed by atoms with Crippen molar-refractivity contribution in [3.8, 4) is 5.75 Å². The van der Waals surface area contributed by atoms with Crippen LogP contribution in [-0.4, -0.2) is 42.6 Å². The van der Waals surface area contributed by atoms with Crippen molar-refractivity contribution in [2.24, 2.45) is 0 Å². The summed E-state index contributed by atoms with van der Waals surface area (Å²) >= 11 is 0. The van der Waals surface area contributed by atoms with Gasteiger partial charge in [-0.15, -0.1) is 0 Å². The lowest BCUT2D eigenvalue weighted by Crippen LogP contribution is -2.38. The molecule has 0 fully saturated rings. The normalized spacial score (nSPS) is 16.0. The van der Waals surface area contributed by atoms with E-state index in [0.717, 1.165) is 25.3 Å². The van der Waals surface area contributed by atoms with Crippen molar-refractivity contribution in [3.05, 3.63) is 29.3 Å². The van der Waals surface area contributed by atoms with Gasteiger partial charge in [0, 0.05) is 24.9 Å². The van der Waals surface area contributed by atoms with Crippen molar-refractivity contribution < 1.29 is 14.9 Å². The molecular weight excluding hydrogens is 242 g/mol. The molecule has 0 aromatic heterocycles. The van der Waals surface area contributed by atoms with E-state index in [0.29, 0.717) is 6.54 Å². The molecule has 0 bridgehead atoms. The Morgan fingerprint density at radius 1 is 1.42 bits per heavy atom. The molecule has 0 spiro atoms. The molecule has 3 N–H and O–H groups in total. The van der Waals surface area contributed by atoms with Crippen molar-refractivity contribution in [2.45, 2.75) is 31.8 Å². The van der Waals surface area contributed by atoms with Crippen LogP contribution in [0.15, 0.2) is 18.2 Å². The highest BCUT2D eigenvalue weighted by atomic mass is 16.5. The summed E-state index contributed by atoms with van der Waals surface area (Å²) < 4.78 is 5.52. The lowest BCUT2D eigenvalue weighted by atomic mass is 9.83. The van der Waals surface area contributed by atoms with Crippen LogP contribution in [0.5, 0.6) is 5.75 Å². The minimum absolute atomic E-state index is 0.0210. The van der Waals surface area contributed by atoms with Crippen molar-refractivity contribution in [1.29, 1.82) is 0 Å². The molecular formula is C15H23NO3. The van der Waals surface area contributed by atoms with E-state index in [2.05, 4.69) is 31.3 Å². The minimum atomic E-state index is -0.691. The average molecular weight is 265 g/mol. The van der Waals surface area contributed by atoms with Gasteiger partial charge in [0.25, 0.3) is 0 Å². The van der Waals surface area contributed by atoms with Crippen LogP contribution in [0.1, 0.15) is 25.0 Å². The molecule has 1 atom stereocenters. The molecule has 1 unspecified atom stereocenters. The van der Waals surface area contributed by atoms with Gasteiger partial charge in [0.1, 0.15) is 5.75 Å². The summed E-state index contributed by atoms with van der Waals surface area (Å²) in [7, 11) is 0. The zero-order valence-corrected chi connectivity index (χ0v) is 11.6. The van der Waals surface area contributed by atoms with Crippen LogP contribution >= 0.6 is 0 Å². The first-order valence-electron chi connectivity index (χ1n) is 6.79. The standard InChI is InChI=1S/C15H23NO3/c1-15(2,10-16-8-13(18)9-17)12-3-4-14-11(7-12)5-6-19-14/h3-4,7,13,16-18H,5-6,8-10H2,1-2H3. The Balaban J connectivity index is 1.98. The largest absolute Gasteiger partial charge is 0.493 e. The van der Waals surface area contributed by atoms with E-state index in [9.17, 15) is 5.11 Å². The molecule has 0 radical (unpaired) electrons. The number of aliphatic hydroxyl groups excluding tert-OH is 2. The maximum Gasteiger partial charge on any atom is 0.122 e. The summed E-state index contributed by atoms with van der Waals surface area (Å²) in [5.74, 6) is 1.00. The summed E-state index contributed by atoms with van der Waals surface area (Å²) in [5.41, 5.74) is 2.52. The third-order valence-electron chi connectivity index (χ3n) is 3.63. The molecule has 0 saturated heterocycles. The molecule has 1 heterocycles. The van der Waals surface area contributed by atoms with E-state index in [1.165, 1.54) is 11.1 Å². The van der Waals surface area contributed by atoms with Crippen molar-refractivity contribution in [1.82, 2.24) is 5.32 Å². The third kappa shape index (κ3) is 3.47. The fourth-order valence-corrected chi connectivity index (χ4v) is 2.33. The van der Waals surface area contributed by atoms with Gasteiger partial charge in [0.15, 0.2) is 0 Å². The van der Waals surface area contributed by atoms with E-state index < -0.39 is 6.10 Å². The average Bonchev–Trinajstić information content (AvgIpc) is 2.85. The second-order valence-electron chi connectivity index (χ2n) is 5.77. The van der Waals surface area contributed by atoms with E-state index in [-0.39, 0.29) is 12.0 Å². The van der Waals surface area contributed by atoms with Gasteiger partial charge in [0.05, 0.1) is 19.3 Å². The number of benzene rings is 1. The number of nitrogens with one attached hydrogen (secondary N) is 1. The van der Waals surface area contributed by atoms with Gasteiger partial charge in [0.2, 0.25) is 0 Å². The Kier molecular flexibility index (Phi) is 4.45. The smallest absolute Gasteiger partial charge is 0.122 e. The molecule has 1 aromatic rings. The van der Waals surface area contributed by atoms with Gasteiger partial charge in [-0.1, -0.05) is 26.0 Å². The Morgan fingerprint density at radius 2 is 2.21 bits per heavy atom. The molecule has 2 rings (SSSR count). The number of hydrogen-bond donors (Lipinski definition) is 3. The molecule has 0 aliphatic carbocycles. The molecule has 1 aliphatic rings. The van der Waals surface area contributed by atoms with E-state index in [1.54, 1.807) is 0 Å². The first-order chi connectivity index (χ1) is 9.03. The highest BCUT2D eigenvalue weighted by molar-refractivity contribution is 5.42. The monoisotopic (exact) mass is 265 g/mol. The zero-order chi connectivity index (χ0) is 13.9. The van der Waals surface area contributed by atoms with Crippen LogP contribution in [0.4, 0.5) is 0 Å². The Labute approximate surface area is 114 Å². The summed E-state index contributed by atoms with van der Waals surface area (Å²) in [6.07, 6.45) is 0.292. The van der Waals surface area contributed by atoms with Crippen molar-refractivity contribution in [3.63, 3.8) is 0 Å². The second-order valence-corrected chi connectivity index (χ2v) is 5.77. The topological polar surface area (TPSA) is 61.7 Å². The zero-order valence-electron chi connectivity index (χ0n) is 11.6. The van der Waals surface area contributed by atoms with Gasteiger partial charge in [-0.25, -0.2) is 0 Å². The van der Waals surface area contributed by atoms with Crippen LogP contribution in [0.25, 0.3) is 0 Å². The Hall–Kier alpha value is -1.10. The number of rotatable bonds is 6. The predicted molar refractivity (Wildman–Crippen MR) is 74.6 cm³/mol. The number of aliphatic hydroxyl groups is 2. The summed E-state index contributed by atoms with van der Waals surface area (Å²) in [5, 5.41) is 21.3. The maximum atomic E-state index is 9.32.